The van der Waals surface area contributed by atoms with Gasteiger partial charge in [0.2, 0.25) is 5.91 Å². The van der Waals surface area contributed by atoms with Crippen molar-refractivity contribution in [1.82, 2.24) is 5.32 Å². The van der Waals surface area contributed by atoms with E-state index in [1.54, 1.807) is 11.8 Å². The van der Waals surface area contributed by atoms with Gasteiger partial charge in [-0.15, -0.1) is 11.8 Å². The Bertz CT molecular complexity index is 365. The van der Waals surface area contributed by atoms with Crippen LogP contribution in [0.4, 0.5) is 0 Å². The first-order chi connectivity index (χ1) is 8.61. The number of thioether (sulfide) groups is 1. The summed E-state index contributed by atoms with van der Waals surface area (Å²) < 4.78 is 0. The number of carbonyl (C=O) groups excluding carboxylic acids is 1. The Labute approximate surface area is 113 Å². The molecular weight excluding hydrogens is 246 g/mol. The highest BCUT2D eigenvalue weighted by Crippen LogP contribution is 2.18. The molecule has 18 heavy (non-hydrogen) atoms. The summed E-state index contributed by atoms with van der Waals surface area (Å²) in [6.07, 6.45) is 0.714. The van der Waals surface area contributed by atoms with Crippen LogP contribution in [0.25, 0.3) is 0 Å². The molecule has 1 aromatic rings. The normalized spacial score (nSPS) is 12.2. The van der Waals surface area contributed by atoms with E-state index in [0.717, 1.165) is 5.75 Å². The molecule has 0 spiro atoms. The van der Waals surface area contributed by atoms with Crippen LogP contribution in [0.2, 0.25) is 0 Å². The number of aryl methyl sites for hydroxylation is 1. The molecule has 0 bridgehead atoms. The summed E-state index contributed by atoms with van der Waals surface area (Å²) in [7, 11) is 0. The van der Waals surface area contributed by atoms with Crippen LogP contribution >= 0.6 is 11.8 Å². The van der Waals surface area contributed by atoms with Crippen LogP contribution < -0.4 is 5.32 Å². The molecule has 1 aromatic carbocycles. The largest absolute Gasteiger partial charge is 0.391 e. The van der Waals surface area contributed by atoms with Crippen LogP contribution in [-0.4, -0.2) is 29.4 Å². The molecule has 0 saturated heterocycles. The number of aliphatic hydroxyl groups excluding tert-OH is 1. The molecule has 1 amide bonds. The van der Waals surface area contributed by atoms with Crippen LogP contribution in [0.3, 0.4) is 0 Å². The zero-order chi connectivity index (χ0) is 13.4. The molecule has 0 heterocycles. The smallest absolute Gasteiger partial charge is 0.220 e. The minimum absolute atomic E-state index is 0.00196. The second-order valence-electron chi connectivity index (χ2n) is 4.28. The standard InChI is InChI=1S/C14H21NO2S/c1-3-12(16)10-15-14(17)8-9-18-13-6-4-11(2)5-7-13/h4-7,12,16H,3,8-10H2,1-2H3,(H,15,17). The second-order valence-corrected chi connectivity index (χ2v) is 5.45. The third-order valence-corrected chi connectivity index (χ3v) is 3.64. The van der Waals surface area contributed by atoms with Gasteiger partial charge in [-0.05, 0) is 25.5 Å². The zero-order valence-corrected chi connectivity index (χ0v) is 11.8. The van der Waals surface area contributed by atoms with Crippen LogP contribution in [0.1, 0.15) is 25.3 Å². The summed E-state index contributed by atoms with van der Waals surface area (Å²) in [5.41, 5.74) is 1.24. The average Bonchev–Trinajstić information content (AvgIpc) is 2.38. The van der Waals surface area contributed by atoms with E-state index >= 15 is 0 Å². The lowest BCUT2D eigenvalue weighted by Gasteiger charge is -2.09. The summed E-state index contributed by atoms with van der Waals surface area (Å²) in [4.78, 5) is 12.7. The number of benzene rings is 1. The van der Waals surface area contributed by atoms with E-state index in [9.17, 15) is 9.90 Å². The SMILES string of the molecule is CCC(O)CNC(=O)CCSc1ccc(C)cc1. The van der Waals surface area contributed by atoms with Gasteiger partial charge in [-0.25, -0.2) is 0 Å². The van der Waals surface area contributed by atoms with Gasteiger partial charge in [0.1, 0.15) is 0 Å². The first kappa shape index (κ1) is 15.1. The average molecular weight is 267 g/mol. The van der Waals surface area contributed by atoms with E-state index in [-0.39, 0.29) is 5.91 Å². The van der Waals surface area contributed by atoms with E-state index in [0.29, 0.717) is 19.4 Å². The molecule has 1 unspecified atom stereocenters. The zero-order valence-electron chi connectivity index (χ0n) is 11.0. The van der Waals surface area contributed by atoms with E-state index in [1.807, 2.05) is 6.92 Å². The topological polar surface area (TPSA) is 49.3 Å². The van der Waals surface area contributed by atoms with Gasteiger partial charge in [-0.2, -0.15) is 0 Å². The Morgan fingerprint density at radius 3 is 2.67 bits per heavy atom. The van der Waals surface area contributed by atoms with E-state index < -0.39 is 6.10 Å². The van der Waals surface area contributed by atoms with E-state index in [1.165, 1.54) is 10.5 Å². The maximum absolute atomic E-state index is 11.5. The van der Waals surface area contributed by atoms with Crippen LogP contribution in [0, 0.1) is 6.92 Å². The third-order valence-electron chi connectivity index (χ3n) is 2.62. The molecule has 0 saturated carbocycles. The summed E-state index contributed by atoms with van der Waals surface area (Å²) in [6, 6.07) is 8.28. The highest BCUT2D eigenvalue weighted by Gasteiger charge is 2.05. The van der Waals surface area contributed by atoms with Crippen molar-refractivity contribution in [2.24, 2.45) is 0 Å². The van der Waals surface area contributed by atoms with Crippen molar-refractivity contribution in [1.29, 1.82) is 0 Å². The summed E-state index contributed by atoms with van der Waals surface area (Å²) in [5, 5.41) is 12.0. The van der Waals surface area contributed by atoms with E-state index in [2.05, 4.69) is 36.5 Å². The van der Waals surface area contributed by atoms with Gasteiger partial charge in [0.15, 0.2) is 0 Å². The van der Waals surface area contributed by atoms with Gasteiger partial charge < -0.3 is 10.4 Å². The lowest BCUT2D eigenvalue weighted by atomic mass is 10.2. The fourth-order valence-electron chi connectivity index (χ4n) is 1.36. The van der Waals surface area contributed by atoms with Crippen molar-refractivity contribution < 1.29 is 9.90 Å². The minimum atomic E-state index is -0.432. The Kier molecular flexibility index (Phi) is 6.83. The van der Waals surface area contributed by atoms with Gasteiger partial charge in [-0.3, -0.25) is 4.79 Å². The van der Waals surface area contributed by atoms with Gasteiger partial charge in [0.05, 0.1) is 6.10 Å². The lowest BCUT2D eigenvalue weighted by molar-refractivity contribution is -0.121. The molecule has 0 aliphatic rings. The van der Waals surface area contributed by atoms with Crippen LogP contribution in [0.15, 0.2) is 29.2 Å². The fourth-order valence-corrected chi connectivity index (χ4v) is 2.21. The molecule has 0 aromatic heterocycles. The van der Waals surface area contributed by atoms with Gasteiger partial charge >= 0.3 is 0 Å². The maximum Gasteiger partial charge on any atom is 0.220 e. The van der Waals surface area contributed by atoms with Crippen molar-refractivity contribution in [3.8, 4) is 0 Å². The fraction of sp³-hybridized carbons (Fsp3) is 0.500. The number of carbonyl (C=O) groups is 1. The van der Waals surface area contributed by atoms with Crippen molar-refractivity contribution in [2.45, 2.75) is 37.7 Å². The molecule has 4 heteroatoms. The highest BCUT2D eigenvalue weighted by atomic mass is 32.2. The maximum atomic E-state index is 11.5. The first-order valence-corrected chi connectivity index (χ1v) is 7.24. The Hall–Kier alpha value is -1.00. The monoisotopic (exact) mass is 267 g/mol. The molecule has 0 aliphatic carbocycles. The van der Waals surface area contributed by atoms with Crippen LogP contribution in [0.5, 0.6) is 0 Å². The Morgan fingerprint density at radius 1 is 1.39 bits per heavy atom. The molecule has 3 nitrogen and oxygen atoms in total. The third kappa shape index (κ3) is 6.07. The first-order valence-electron chi connectivity index (χ1n) is 6.26. The summed E-state index contributed by atoms with van der Waals surface area (Å²) in [6.45, 7) is 4.30. The number of amides is 1. The quantitative estimate of drug-likeness (QED) is 0.746. The van der Waals surface area contributed by atoms with Crippen molar-refractivity contribution in [2.75, 3.05) is 12.3 Å². The van der Waals surface area contributed by atoms with Crippen molar-refractivity contribution in [3.63, 3.8) is 0 Å². The molecular formula is C14H21NO2S. The second kappa shape index (κ2) is 8.16. The van der Waals surface area contributed by atoms with Gasteiger partial charge in [0, 0.05) is 23.6 Å². The Morgan fingerprint density at radius 2 is 2.06 bits per heavy atom. The molecule has 0 aliphatic heterocycles. The van der Waals surface area contributed by atoms with Crippen LogP contribution in [-0.2, 0) is 4.79 Å². The number of rotatable bonds is 7. The predicted molar refractivity (Wildman–Crippen MR) is 75.8 cm³/mol. The van der Waals surface area contributed by atoms with Crippen molar-refractivity contribution in [3.05, 3.63) is 29.8 Å². The number of nitrogens with one attached hydrogen (secondary N) is 1. The van der Waals surface area contributed by atoms with E-state index in [4.69, 9.17) is 0 Å². The Balaban J connectivity index is 2.17. The number of hydrogen-bond acceptors (Lipinski definition) is 3. The summed E-state index contributed by atoms with van der Waals surface area (Å²) >= 11 is 1.67. The molecule has 1 atom stereocenters. The molecule has 2 N–H and O–H groups in total. The van der Waals surface area contributed by atoms with Crippen molar-refractivity contribution >= 4 is 17.7 Å². The molecule has 0 radical (unpaired) electrons. The minimum Gasteiger partial charge on any atom is -0.391 e. The molecule has 0 fully saturated rings. The highest BCUT2D eigenvalue weighted by molar-refractivity contribution is 7.99. The van der Waals surface area contributed by atoms with Gasteiger partial charge in [0.25, 0.3) is 0 Å². The summed E-state index contributed by atoms with van der Waals surface area (Å²) in [5.74, 6) is 0.763. The lowest BCUT2D eigenvalue weighted by Crippen LogP contribution is -2.31. The molecule has 1 rings (SSSR count). The number of hydrogen-bond donors (Lipinski definition) is 2. The predicted octanol–water partition coefficient (Wildman–Crippen LogP) is 2.36. The molecule has 100 valence electrons. The number of aliphatic hydroxyl groups is 1. The van der Waals surface area contributed by atoms with Gasteiger partial charge in [-0.1, -0.05) is 24.6 Å².